The number of halogens is 5. The van der Waals surface area contributed by atoms with Gasteiger partial charge in [0.05, 0.1) is 17.1 Å². The Morgan fingerprint density at radius 3 is 2.46 bits per heavy atom. The Balaban J connectivity index is 1.48. The number of carbonyl (C=O) groups excluding carboxylic acids is 1. The van der Waals surface area contributed by atoms with Crippen molar-refractivity contribution >= 4 is 27.5 Å². The molecule has 2 amide bonds. The first-order chi connectivity index (χ1) is 17.5. The van der Waals surface area contributed by atoms with Gasteiger partial charge in [-0.15, -0.1) is 0 Å². The number of amides is 2. The smallest absolute Gasteiger partial charge is 0.387 e. The van der Waals surface area contributed by atoms with Gasteiger partial charge >= 0.3 is 12.6 Å². The highest BCUT2D eigenvalue weighted by molar-refractivity contribution is 7.92. The van der Waals surface area contributed by atoms with Crippen LogP contribution in [-0.2, 0) is 16.4 Å². The number of sulfone groups is 1. The molecule has 2 aromatic carbocycles. The number of rotatable bonds is 7. The molecule has 3 aromatic rings. The molecule has 0 bridgehead atoms. The van der Waals surface area contributed by atoms with Crippen molar-refractivity contribution in [2.24, 2.45) is 0 Å². The second-order valence-corrected chi connectivity index (χ2v) is 10.7. The lowest BCUT2D eigenvalue weighted by Gasteiger charge is -2.24. The monoisotopic (exact) mass is 557 g/mol. The van der Waals surface area contributed by atoms with Gasteiger partial charge in [-0.2, -0.15) is 8.78 Å². The van der Waals surface area contributed by atoms with Gasteiger partial charge in [-0.05, 0) is 66.2 Å². The number of aromatic nitrogens is 1. The number of hydrogen-bond donors (Lipinski definition) is 1. The van der Waals surface area contributed by atoms with Crippen molar-refractivity contribution in [3.63, 3.8) is 0 Å². The van der Waals surface area contributed by atoms with Crippen LogP contribution >= 0.6 is 11.6 Å². The van der Waals surface area contributed by atoms with E-state index in [1.165, 1.54) is 30.3 Å². The van der Waals surface area contributed by atoms with E-state index in [1.807, 2.05) is 0 Å². The van der Waals surface area contributed by atoms with Gasteiger partial charge in [0.25, 0.3) is 0 Å². The average Bonchev–Trinajstić information content (AvgIpc) is 3.25. The van der Waals surface area contributed by atoms with Gasteiger partial charge in [-0.3, -0.25) is 0 Å². The van der Waals surface area contributed by atoms with Crippen LogP contribution in [0.5, 0.6) is 5.75 Å². The third-order valence-corrected chi connectivity index (χ3v) is 7.92. The number of benzene rings is 2. The topological polar surface area (TPSA) is 88.6 Å². The average molecular weight is 558 g/mol. The van der Waals surface area contributed by atoms with Crippen molar-refractivity contribution < 1.29 is 35.5 Å². The van der Waals surface area contributed by atoms with Crippen molar-refractivity contribution in [1.82, 2.24) is 15.2 Å². The highest BCUT2D eigenvalue weighted by atomic mass is 35.5. The molecule has 13 heteroatoms. The van der Waals surface area contributed by atoms with Crippen molar-refractivity contribution in [2.45, 2.75) is 36.0 Å². The van der Waals surface area contributed by atoms with Crippen LogP contribution in [-0.4, -0.2) is 49.0 Å². The van der Waals surface area contributed by atoms with E-state index in [4.69, 9.17) is 11.6 Å². The Hall–Kier alpha value is -3.38. The zero-order chi connectivity index (χ0) is 26.7. The molecule has 4 rings (SSSR count). The second-order valence-electron chi connectivity index (χ2n) is 8.18. The lowest BCUT2D eigenvalue weighted by molar-refractivity contribution is -0.0498. The molecule has 0 radical (unpaired) electrons. The van der Waals surface area contributed by atoms with Crippen molar-refractivity contribution in [3.05, 3.63) is 77.2 Å². The summed E-state index contributed by atoms with van der Waals surface area (Å²) in [5.41, 5.74) is 1.44. The van der Waals surface area contributed by atoms with Crippen LogP contribution < -0.4 is 10.1 Å². The van der Waals surface area contributed by atoms with E-state index in [0.29, 0.717) is 16.8 Å². The lowest BCUT2D eigenvalue weighted by Crippen LogP contribution is -2.45. The molecule has 2 atom stereocenters. The fourth-order valence-corrected chi connectivity index (χ4v) is 5.97. The van der Waals surface area contributed by atoms with Crippen LogP contribution in [0.25, 0.3) is 11.3 Å². The number of ether oxygens (including phenoxy) is 1. The summed E-state index contributed by atoms with van der Waals surface area (Å²) in [4.78, 5) is 17.7. The van der Waals surface area contributed by atoms with Crippen LogP contribution in [0.1, 0.15) is 12.0 Å². The summed E-state index contributed by atoms with van der Waals surface area (Å²) in [5, 5.41) is 1.20. The quantitative estimate of drug-likeness (QED) is 0.245. The molecule has 1 aliphatic rings. The van der Waals surface area contributed by atoms with Crippen LogP contribution in [0, 0.1) is 5.82 Å². The maximum absolute atomic E-state index is 14.2. The molecule has 1 N–H and O–H groups in total. The van der Waals surface area contributed by atoms with E-state index < -0.39 is 52.8 Å². The Morgan fingerprint density at radius 2 is 1.81 bits per heavy atom. The van der Waals surface area contributed by atoms with Gasteiger partial charge in [0.2, 0.25) is 0 Å². The van der Waals surface area contributed by atoms with Gasteiger partial charge in [0, 0.05) is 18.5 Å². The molecule has 0 aliphatic carbocycles. The Kier molecular flexibility index (Phi) is 7.88. The lowest BCUT2D eigenvalue weighted by atomic mass is 10.1. The van der Waals surface area contributed by atoms with Gasteiger partial charge in [0.15, 0.2) is 9.84 Å². The molecular formula is C24H20ClF4N3O4S. The van der Waals surface area contributed by atoms with Crippen LogP contribution in [0.2, 0.25) is 5.15 Å². The first kappa shape index (κ1) is 26.7. The predicted molar refractivity (Wildman–Crippen MR) is 127 cm³/mol. The summed E-state index contributed by atoms with van der Waals surface area (Å²) < 4.78 is 82.6. The van der Waals surface area contributed by atoms with Gasteiger partial charge in [-0.25, -0.2) is 27.0 Å². The number of nitrogens with zero attached hydrogens (tertiary/aromatic N) is 2. The molecule has 1 aromatic heterocycles. The third-order valence-electron chi connectivity index (χ3n) is 5.63. The predicted octanol–water partition coefficient (Wildman–Crippen LogP) is 5.20. The maximum atomic E-state index is 14.2. The van der Waals surface area contributed by atoms with Crippen molar-refractivity contribution in [3.8, 4) is 17.0 Å². The minimum Gasteiger partial charge on any atom is -0.435 e. The number of alkyl halides is 3. The molecule has 0 spiro atoms. The van der Waals surface area contributed by atoms with Crippen LogP contribution in [0.3, 0.4) is 0 Å². The molecule has 1 aliphatic heterocycles. The Bertz CT molecular complexity index is 1380. The number of nitrogens with one attached hydrogen (secondary N) is 1. The van der Waals surface area contributed by atoms with Crippen molar-refractivity contribution in [2.75, 3.05) is 6.54 Å². The maximum Gasteiger partial charge on any atom is 0.387 e. The largest absolute Gasteiger partial charge is 0.435 e. The Morgan fingerprint density at radius 1 is 1.14 bits per heavy atom. The van der Waals surface area contributed by atoms with E-state index in [-0.39, 0.29) is 22.3 Å². The molecule has 2 heterocycles. The molecule has 0 unspecified atom stereocenters. The number of likely N-dealkylation sites (tertiary alicyclic amines) is 1. The SMILES string of the molecule is O=C(NCc1cc(Cl)nc(-c2ccc(OC(F)F)cc2)c1)N1C[C@H](F)C[C@@H]1S(=O)(=O)c1ccc(F)cc1. The highest BCUT2D eigenvalue weighted by Gasteiger charge is 2.44. The summed E-state index contributed by atoms with van der Waals surface area (Å²) in [6, 6.07) is 12.1. The first-order valence-corrected chi connectivity index (χ1v) is 12.8. The zero-order valence-corrected chi connectivity index (χ0v) is 20.5. The minimum atomic E-state index is -4.16. The Labute approximate surface area is 214 Å². The molecule has 0 saturated carbocycles. The van der Waals surface area contributed by atoms with E-state index in [1.54, 1.807) is 6.07 Å². The second kappa shape index (κ2) is 10.9. The number of urea groups is 1. The third kappa shape index (κ3) is 6.31. The first-order valence-electron chi connectivity index (χ1n) is 10.9. The van der Waals surface area contributed by atoms with Gasteiger partial charge in [0.1, 0.15) is 28.3 Å². The fourth-order valence-electron chi connectivity index (χ4n) is 3.93. The van der Waals surface area contributed by atoms with E-state index in [9.17, 15) is 30.8 Å². The van der Waals surface area contributed by atoms with Gasteiger partial charge < -0.3 is 15.0 Å². The van der Waals surface area contributed by atoms with Crippen LogP contribution in [0.4, 0.5) is 22.4 Å². The molecule has 37 heavy (non-hydrogen) atoms. The summed E-state index contributed by atoms with van der Waals surface area (Å²) in [6.45, 7) is -3.47. The summed E-state index contributed by atoms with van der Waals surface area (Å²) >= 11 is 6.11. The van der Waals surface area contributed by atoms with E-state index in [2.05, 4.69) is 15.0 Å². The fraction of sp³-hybridized carbons (Fsp3) is 0.250. The van der Waals surface area contributed by atoms with Crippen molar-refractivity contribution in [1.29, 1.82) is 0 Å². The van der Waals surface area contributed by atoms with E-state index in [0.717, 1.165) is 29.2 Å². The number of pyridine rings is 1. The molecular weight excluding hydrogens is 538 g/mol. The standard InChI is InChI=1S/C24H20ClF4N3O4S/c25-21-10-14(9-20(31-21)15-1-5-18(6-2-15)36-23(28)29)12-30-24(33)32-13-17(27)11-22(32)37(34,35)19-7-3-16(26)4-8-19/h1-10,17,22-23H,11-13H2,(H,30,33)/t17-,22+/m1/s1. The van der Waals surface area contributed by atoms with E-state index >= 15 is 0 Å². The molecule has 1 saturated heterocycles. The normalized spacial score (nSPS) is 17.7. The van der Waals surface area contributed by atoms with Gasteiger partial charge in [-0.1, -0.05) is 11.6 Å². The summed E-state index contributed by atoms with van der Waals surface area (Å²) in [6.07, 6.45) is -1.96. The number of carbonyl (C=O) groups is 1. The zero-order valence-electron chi connectivity index (χ0n) is 19.0. The number of hydrogen-bond acceptors (Lipinski definition) is 5. The molecule has 7 nitrogen and oxygen atoms in total. The molecule has 1 fully saturated rings. The van der Waals surface area contributed by atoms with Crippen LogP contribution in [0.15, 0.2) is 65.6 Å². The minimum absolute atomic E-state index is 0.0322. The molecule has 196 valence electrons. The summed E-state index contributed by atoms with van der Waals surface area (Å²) in [5.74, 6) is -0.661. The highest BCUT2D eigenvalue weighted by Crippen LogP contribution is 2.30. The summed E-state index contributed by atoms with van der Waals surface area (Å²) in [7, 11) is -4.16.